The van der Waals surface area contributed by atoms with Gasteiger partial charge in [-0.3, -0.25) is 4.99 Å². The fraction of sp³-hybridized carbons (Fsp3) is 0.316. The molecule has 8 heteroatoms. The van der Waals surface area contributed by atoms with Gasteiger partial charge in [-0.15, -0.1) is 0 Å². The number of benzene rings is 2. The second-order valence-electron chi connectivity index (χ2n) is 5.68. The smallest absolute Gasteiger partial charge is 0.195 e. The fourth-order valence-electron chi connectivity index (χ4n) is 2.44. The van der Waals surface area contributed by atoms with Gasteiger partial charge >= 0.3 is 0 Å². The zero-order chi connectivity index (χ0) is 19.7. The molecule has 146 valence electrons. The van der Waals surface area contributed by atoms with Crippen molar-refractivity contribution in [1.29, 1.82) is 0 Å². The number of hydrogen-bond donors (Lipinski definition) is 2. The van der Waals surface area contributed by atoms with Crippen molar-refractivity contribution in [2.45, 2.75) is 11.3 Å². The van der Waals surface area contributed by atoms with Crippen LogP contribution in [0.4, 0.5) is 5.69 Å². The first kappa shape index (κ1) is 20.6. The summed E-state index contributed by atoms with van der Waals surface area (Å²) in [6.45, 7) is 0.471. The summed E-state index contributed by atoms with van der Waals surface area (Å²) in [4.78, 5) is 4.49. The number of nitrogens with zero attached hydrogens (tertiary/aromatic N) is 1. The van der Waals surface area contributed by atoms with Gasteiger partial charge in [-0.1, -0.05) is 18.2 Å². The molecule has 0 heterocycles. The molecule has 27 heavy (non-hydrogen) atoms. The van der Waals surface area contributed by atoms with Crippen LogP contribution in [0.2, 0.25) is 0 Å². The number of sulfone groups is 1. The fourth-order valence-corrected chi connectivity index (χ4v) is 3.78. The van der Waals surface area contributed by atoms with Crippen molar-refractivity contribution in [2.24, 2.45) is 4.99 Å². The summed E-state index contributed by atoms with van der Waals surface area (Å²) >= 11 is 0. The zero-order valence-corrected chi connectivity index (χ0v) is 16.5. The van der Waals surface area contributed by atoms with Crippen LogP contribution in [0.15, 0.2) is 58.4 Å². The summed E-state index contributed by atoms with van der Waals surface area (Å²) in [6.07, 6.45) is 0.462. The van der Waals surface area contributed by atoms with Gasteiger partial charge in [0.2, 0.25) is 0 Å². The Kier molecular flexibility index (Phi) is 7.48. The van der Waals surface area contributed by atoms with Crippen molar-refractivity contribution >= 4 is 21.5 Å². The summed E-state index contributed by atoms with van der Waals surface area (Å²) in [5, 5.41) is 6.25. The van der Waals surface area contributed by atoms with E-state index in [1.165, 1.54) is 0 Å². The number of aliphatic imine (C=N–C) groups is 1. The first-order valence-electron chi connectivity index (χ1n) is 8.47. The molecular weight excluding hydrogens is 366 g/mol. The molecule has 0 spiro atoms. The summed E-state index contributed by atoms with van der Waals surface area (Å²) in [6, 6.07) is 13.9. The highest BCUT2D eigenvalue weighted by molar-refractivity contribution is 7.91. The maximum atomic E-state index is 12.3. The second-order valence-corrected chi connectivity index (χ2v) is 7.79. The lowest BCUT2D eigenvalue weighted by Gasteiger charge is -2.14. The number of ether oxygens (including phenoxy) is 2. The molecule has 0 atom stereocenters. The molecule has 0 bridgehead atoms. The number of nitrogens with one attached hydrogen (secondary N) is 2. The second kappa shape index (κ2) is 9.82. The molecule has 0 saturated carbocycles. The lowest BCUT2D eigenvalue weighted by Crippen LogP contribution is -2.32. The molecule has 0 amide bonds. The van der Waals surface area contributed by atoms with E-state index in [2.05, 4.69) is 15.6 Å². The Bertz CT molecular complexity index is 868. The van der Waals surface area contributed by atoms with E-state index < -0.39 is 9.84 Å². The van der Waals surface area contributed by atoms with Crippen LogP contribution in [0.1, 0.15) is 6.42 Å². The SMILES string of the molecule is CN=C(NCCCS(=O)(=O)c1ccccc1)Nc1ccc(OC)c(OC)c1. The Hall–Kier alpha value is -2.74. The third-order valence-electron chi connectivity index (χ3n) is 3.85. The molecule has 0 fully saturated rings. The topological polar surface area (TPSA) is 89.0 Å². The molecule has 2 aromatic carbocycles. The van der Waals surface area contributed by atoms with E-state index in [1.54, 1.807) is 63.7 Å². The van der Waals surface area contributed by atoms with Crippen LogP contribution >= 0.6 is 0 Å². The Morgan fingerprint density at radius 1 is 1.04 bits per heavy atom. The van der Waals surface area contributed by atoms with Gasteiger partial charge in [0.15, 0.2) is 27.3 Å². The predicted octanol–water partition coefficient (Wildman–Crippen LogP) is 2.56. The summed E-state index contributed by atoms with van der Waals surface area (Å²) in [7, 11) is 1.53. The molecule has 2 aromatic rings. The minimum Gasteiger partial charge on any atom is -0.493 e. The van der Waals surface area contributed by atoms with Crippen molar-refractivity contribution in [3.63, 3.8) is 0 Å². The maximum absolute atomic E-state index is 12.3. The lowest BCUT2D eigenvalue weighted by molar-refractivity contribution is 0.355. The van der Waals surface area contributed by atoms with Gasteiger partial charge in [-0.05, 0) is 30.7 Å². The number of guanidine groups is 1. The molecule has 2 rings (SSSR count). The molecule has 0 aromatic heterocycles. The van der Waals surface area contributed by atoms with Crippen LogP contribution in [-0.2, 0) is 9.84 Å². The van der Waals surface area contributed by atoms with E-state index in [0.717, 1.165) is 5.69 Å². The van der Waals surface area contributed by atoms with E-state index in [0.29, 0.717) is 35.3 Å². The van der Waals surface area contributed by atoms with Gasteiger partial charge < -0.3 is 20.1 Å². The highest BCUT2D eigenvalue weighted by Gasteiger charge is 2.13. The van der Waals surface area contributed by atoms with Crippen LogP contribution < -0.4 is 20.1 Å². The molecule has 0 aliphatic rings. The van der Waals surface area contributed by atoms with Crippen molar-refractivity contribution in [2.75, 3.05) is 38.9 Å². The van der Waals surface area contributed by atoms with Crippen molar-refractivity contribution in [3.8, 4) is 11.5 Å². The monoisotopic (exact) mass is 391 g/mol. The zero-order valence-electron chi connectivity index (χ0n) is 15.7. The Morgan fingerprint density at radius 3 is 2.37 bits per heavy atom. The molecule has 0 aliphatic heterocycles. The normalized spacial score (nSPS) is 11.7. The van der Waals surface area contributed by atoms with Crippen LogP contribution in [-0.4, -0.2) is 47.9 Å². The van der Waals surface area contributed by atoms with Gasteiger partial charge in [-0.2, -0.15) is 0 Å². The van der Waals surface area contributed by atoms with Crippen LogP contribution in [0.25, 0.3) is 0 Å². The van der Waals surface area contributed by atoms with E-state index >= 15 is 0 Å². The van der Waals surface area contributed by atoms with Crippen molar-refractivity contribution in [1.82, 2.24) is 5.32 Å². The van der Waals surface area contributed by atoms with Crippen LogP contribution in [0.5, 0.6) is 11.5 Å². The molecular formula is C19H25N3O4S. The standard InChI is InChI=1S/C19H25N3O4S/c1-20-19(22-15-10-11-17(25-2)18(14-15)26-3)21-12-7-13-27(23,24)16-8-5-4-6-9-16/h4-6,8-11,14H,7,12-13H2,1-3H3,(H2,20,21,22). The van der Waals surface area contributed by atoms with E-state index in [4.69, 9.17) is 9.47 Å². The average Bonchev–Trinajstić information content (AvgIpc) is 2.70. The highest BCUT2D eigenvalue weighted by Crippen LogP contribution is 2.29. The minimum atomic E-state index is -3.27. The molecule has 0 saturated heterocycles. The average molecular weight is 391 g/mol. The number of rotatable bonds is 8. The third-order valence-corrected chi connectivity index (χ3v) is 5.67. The summed E-state index contributed by atoms with van der Waals surface area (Å²) < 4.78 is 35.0. The van der Waals surface area contributed by atoms with Crippen molar-refractivity contribution < 1.29 is 17.9 Å². The highest BCUT2D eigenvalue weighted by atomic mass is 32.2. The Morgan fingerprint density at radius 2 is 1.74 bits per heavy atom. The molecule has 0 aliphatic carbocycles. The largest absolute Gasteiger partial charge is 0.493 e. The first-order chi connectivity index (χ1) is 13.0. The molecule has 0 unspecified atom stereocenters. The first-order valence-corrected chi connectivity index (χ1v) is 10.1. The Balaban J connectivity index is 1.88. The van der Waals surface area contributed by atoms with Crippen LogP contribution in [0.3, 0.4) is 0 Å². The molecule has 2 N–H and O–H groups in total. The van der Waals surface area contributed by atoms with Crippen LogP contribution in [0, 0.1) is 0 Å². The lowest BCUT2D eigenvalue weighted by atomic mass is 10.3. The Labute approximate surface area is 160 Å². The molecule has 0 radical (unpaired) electrons. The van der Waals surface area contributed by atoms with E-state index in [1.807, 2.05) is 6.07 Å². The summed E-state index contributed by atoms with van der Waals surface area (Å²) in [5.74, 6) is 1.85. The predicted molar refractivity (Wildman–Crippen MR) is 108 cm³/mol. The third kappa shape index (κ3) is 5.89. The van der Waals surface area contributed by atoms with E-state index in [-0.39, 0.29) is 5.75 Å². The van der Waals surface area contributed by atoms with Gasteiger partial charge in [0, 0.05) is 25.3 Å². The van der Waals surface area contributed by atoms with Crippen molar-refractivity contribution in [3.05, 3.63) is 48.5 Å². The quantitative estimate of drug-likeness (QED) is 0.408. The van der Waals surface area contributed by atoms with Gasteiger partial charge in [0.1, 0.15) is 0 Å². The number of anilines is 1. The minimum absolute atomic E-state index is 0.0668. The number of hydrogen-bond acceptors (Lipinski definition) is 5. The van der Waals surface area contributed by atoms with Gasteiger partial charge in [-0.25, -0.2) is 8.42 Å². The maximum Gasteiger partial charge on any atom is 0.195 e. The molecule has 7 nitrogen and oxygen atoms in total. The van der Waals surface area contributed by atoms with Gasteiger partial charge in [0.25, 0.3) is 0 Å². The van der Waals surface area contributed by atoms with Gasteiger partial charge in [0.05, 0.1) is 24.9 Å². The number of methoxy groups -OCH3 is 2. The summed E-state index contributed by atoms with van der Waals surface area (Å²) in [5.41, 5.74) is 0.776. The van der Waals surface area contributed by atoms with E-state index in [9.17, 15) is 8.42 Å².